The van der Waals surface area contributed by atoms with Gasteiger partial charge in [0.2, 0.25) is 5.91 Å². The van der Waals surface area contributed by atoms with E-state index in [2.05, 4.69) is 15.3 Å². The molecule has 0 saturated heterocycles. The minimum Gasteiger partial charge on any atom is -0.486 e. The van der Waals surface area contributed by atoms with Gasteiger partial charge in [-0.15, -0.1) is 0 Å². The maximum Gasteiger partial charge on any atom is 0.221 e. The molecule has 2 aromatic carbocycles. The third kappa shape index (κ3) is 4.76. The van der Waals surface area contributed by atoms with Crippen molar-refractivity contribution in [3.63, 3.8) is 0 Å². The van der Waals surface area contributed by atoms with Crippen LogP contribution in [0.4, 0.5) is 24.5 Å². The molecular weight excluding hydrogens is 433 g/mol. The number of halogens is 3. The van der Waals surface area contributed by atoms with Gasteiger partial charge in [-0.25, -0.2) is 23.1 Å². The van der Waals surface area contributed by atoms with Crippen molar-refractivity contribution in [3.05, 3.63) is 65.4 Å². The number of amides is 1. The van der Waals surface area contributed by atoms with Gasteiger partial charge in [-0.05, 0) is 43.7 Å². The summed E-state index contributed by atoms with van der Waals surface area (Å²) in [7, 11) is 0. The Kier molecular flexibility index (Phi) is 6.22. The zero-order valence-electron chi connectivity index (χ0n) is 18.5. The highest BCUT2D eigenvalue weighted by Crippen LogP contribution is 2.39. The van der Waals surface area contributed by atoms with Crippen LogP contribution >= 0.6 is 0 Å². The second kappa shape index (κ2) is 9.09. The molecule has 0 radical (unpaired) electrons. The van der Waals surface area contributed by atoms with E-state index in [9.17, 15) is 18.0 Å². The molecule has 9 heteroatoms. The molecule has 0 atom stereocenters. The van der Waals surface area contributed by atoms with E-state index in [1.807, 2.05) is 18.7 Å². The summed E-state index contributed by atoms with van der Waals surface area (Å²) in [5.41, 5.74) is 1.35. The van der Waals surface area contributed by atoms with Gasteiger partial charge < -0.3 is 15.0 Å². The molecule has 2 heterocycles. The Bertz CT molecular complexity index is 1220. The molecule has 0 bridgehead atoms. The van der Waals surface area contributed by atoms with Crippen LogP contribution < -0.4 is 15.0 Å². The molecule has 0 spiro atoms. The van der Waals surface area contributed by atoms with Crippen LogP contribution in [0.5, 0.6) is 5.75 Å². The highest BCUT2D eigenvalue weighted by Gasteiger charge is 2.25. The van der Waals surface area contributed by atoms with E-state index in [0.717, 1.165) is 6.20 Å². The zero-order valence-corrected chi connectivity index (χ0v) is 18.5. The van der Waals surface area contributed by atoms with Crippen molar-refractivity contribution in [1.82, 2.24) is 9.97 Å². The fraction of sp³-hybridized carbons (Fsp3) is 0.292. The smallest absolute Gasteiger partial charge is 0.221 e. The molecule has 1 aliphatic heterocycles. The van der Waals surface area contributed by atoms with Gasteiger partial charge in [0.05, 0.1) is 24.1 Å². The first-order valence-corrected chi connectivity index (χ1v) is 10.5. The van der Waals surface area contributed by atoms with Gasteiger partial charge in [-0.1, -0.05) is 6.07 Å². The van der Waals surface area contributed by atoms with E-state index in [1.165, 1.54) is 25.1 Å². The number of hydrogen-bond donors (Lipinski definition) is 1. The zero-order chi connectivity index (χ0) is 23.7. The molecule has 0 unspecified atom stereocenters. The highest BCUT2D eigenvalue weighted by atomic mass is 19.1. The molecule has 3 aromatic rings. The van der Waals surface area contributed by atoms with Gasteiger partial charge in [0.15, 0.2) is 17.4 Å². The van der Waals surface area contributed by atoms with Crippen LogP contribution in [0.1, 0.15) is 32.2 Å². The van der Waals surface area contributed by atoms with Crippen molar-refractivity contribution < 1.29 is 22.7 Å². The molecule has 33 heavy (non-hydrogen) atoms. The monoisotopic (exact) mass is 456 g/mol. The average Bonchev–Trinajstić information content (AvgIpc) is 2.76. The van der Waals surface area contributed by atoms with Crippen molar-refractivity contribution in [1.29, 1.82) is 0 Å². The summed E-state index contributed by atoms with van der Waals surface area (Å²) >= 11 is 0. The normalized spacial score (nSPS) is 13.0. The Morgan fingerprint density at radius 1 is 1.15 bits per heavy atom. The Hall–Kier alpha value is -3.62. The van der Waals surface area contributed by atoms with E-state index in [4.69, 9.17) is 4.74 Å². The lowest BCUT2D eigenvalue weighted by Gasteiger charge is -2.34. The molecule has 172 valence electrons. The second-order valence-corrected chi connectivity index (χ2v) is 8.10. The van der Waals surface area contributed by atoms with Crippen LogP contribution in [-0.4, -0.2) is 35.1 Å². The predicted octanol–water partition coefficient (Wildman–Crippen LogP) is 4.72. The average molecular weight is 456 g/mol. The topological polar surface area (TPSA) is 67.4 Å². The number of fused-ring (bicyclic) bond motifs is 1. The van der Waals surface area contributed by atoms with Crippen LogP contribution in [0.2, 0.25) is 0 Å². The molecule has 0 aliphatic carbocycles. The summed E-state index contributed by atoms with van der Waals surface area (Å²) in [5.74, 6) is -1.89. The number of aromatic nitrogens is 2. The lowest BCUT2D eigenvalue weighted by molar-refractivity contribution is -0.114. The molecule has 1 aromatic heterocycles. The van der Waals surface area contributed by atoms with Gasteiger partial charge >= 0.3 is 0 Å². The molecule has 1 amide bonds. The molecule has 1 N–H and O–H groups in total. The van der Waals surface area contributed by atoms with Crippen LogP contribution in [0.25, 0.3) is 11.3 Å². The van der Waals surface area contributed by atoms with E-state index in [-0.39, 0.29) is 46.9 Å². The Morgan fingerprint density at radius 3 is 2.64 bits per heavy atom. The van der Waals surface area contributed by atoms with Crippen LogP contribution in [0, 0.1) is 17.5 Å². The maximum atomic E-state index is 14.8. The first kappa shape index (κ1) is 22.6. The second-order valence-electron chi connectivity index (χ2n) is 8.10. The minimum atomic E-state index is -0.696. The quantitative estimate of drug-likeness (QED) is 0.602. The first-order valence-electron chi connectivity index (χ1n) is 10.5. The van der Waals surface area contributed by atoms with Crippen LogP contribution in [0.3, 0.4) is 0 Å². The lowest BCUT2D eigenvalue weighted by Crippen LogP contribution is -2.38. The van der Waals surface area contributed by atoms with Crippen molar-refractivity contribution in [2.75, 3.05) is 23.4 Å². The SMILES string of the molecule is CC(=O)Nc1ccc(Cc2ncc(F)c(-c3cc(F)c4c(c3)N(C(C)C)CCO4)n2)cc1F. The van der Waals surface area contributed by atoms with E-state index >= 15 is 0 Å². The molecule has 0 fully saturated rings. The van der Waals surface area contributed by atoms with Crippen molar-refractivity contribution in [2.45, 2.75) is 33.2 Å². The summed E-state index contributed by atoms with van der Waals surface area (Å²) in [4.78, 5) is 21.4. The summed E-state index contributed by atoms with van der Waals surface area (Å²) in [6, 6.07) is 7.28. The third-order valence-electron chi connectivity index (χ3n) is 5.31. The summed E-state index contributed by atoms with van der Waals surface area (Å²) in [6.45, 7) is 6.21. The molecular formula is C24H23F3N4O2. The van der Waals surface area contributed by atoms with Gasteiger partial charge in [0.1, 0.15) is 23.9 Å². The number of nitrogens with one attached hydrogen (secondary N) is 1. The van der Waals surface area contributed by atoms with Crippen LogP contribution in [0.15, 0.2) is 36.5 Å². The van der Waals surface area contributed by atoms with Crippen LogP contribution in [-0.2, 0) is 11.2 Å². The largest absolute Gasteiger partial charge is 0.486 e. The molecule has 6 nitrogen and oxygen atoms in total. The summed E-state index contributed by atoms with van der Waals surface area (Å²) < 4.78 is 49.2. The lowest BCUT2D eigenvalue weighted by atomic mass is 10.1. The summed E-state index contributed by atoms with van der Waals surface area (Å²) in [6.07, 6.45) is 1.15. The Labute approximate surface area is 189 Å². The predicted molar refractivity (Wildman–Crippen MR) is 119 cm³/mol. The number of ether oxygens (including phenoxy) is 1. The third-order valence-corrected chi connectivity index (χ3v) is 5.31. The number of carbonyl (C=O) groups excluding carboxylic acids is 1. The van der Waals surface area contributed by atoms with Crippen molar-refractivity contribution in [3.8, 4) is 17.0 Å². The molecule has 1 aliphatic rings. The number of benzene rings is 2. The molecule has 0 saturated carbocycles. The van der Waals surface area contributed by atoms with Gasteiger partial charge in [-0.3, -0.25) is 4.79 Å². The standard InChI is InChI=1S/C24H23F3N4O2/c1-13(2)31-6-7-33-24-18(26)10-16(11-21(24)31)23-19(27)12-28-22(30-23)9-15-4-5-20(17(25)8-15)29-14(3)32/h4-5,8,10-13H,6-7,9H2,1-3H3,(H,29,32). The maximum absolute atomic E-state index is 14.8. The summed E-state index contributed by atoms with van der Waals surface area (Å²) in [5, 5.41) is 2.40. The minimum absolute atomic E-state index is 0.0497. The van der Waals surface area contributed by atoms with Gasteiger partial charge in [-0.2, -0.15) is 0 Å². The number of hydrogen-bond acceptors (Lipinski definition) is 5. The Morgan fingerprint density at radius 2 is 1.94 bits per heavy atom. The van der Waals surface area contributed by atoms with Crippen molar-refractivity contribution >= 4 is 17.3 Å². The van der Waals surface area contributed by atoms with E-state index < -0.39 is 17.5 Å². The number of anilines is 2. The van der Waals surface area contributed by atoms with Gasteiger partial charge in [0.25, 0.3) is 0 Å². The van der Waals surface area contributed by atoms with Crippen molar-refractivity contribution in [2.24, 2.45) is 0 Å². The Balaban J connectivity index is 1.67. The fourth-order valence-corrected chi connectivity index (χ4v) is 3.81. The number of carbonyl (C=O) groups is 1. The fourth-order valence-electron chi connectivity index (χ4n) is 3.81. The number of nitrogens with zero attached hydrogens (tertiary/aromatic N) is 3. The van der Waals surface area contributed by atoms with E-state index in [0.29, 0.717) is 24.4 Å². The van der Waals surface area contributed by atoms with E-state index in [1.54, 1.807) is 12.1 Å². The first-order chi connectivity index (χ1) is 15.7. The molecule has 4 rings (SSSR count). The van der Waals surface area contributed by atoms with Gasteiger partial charge in [0, 0.05) is 24.9 Å². The number of rotatable bonds is 5. The highest BCUT2D eigenvalue weighted by molar-refractivity contribution is 5.88.